The number of likely N-dealkylation sites (tertiary alicyclic amines) is 1. The molecule has 1 unspecified atom stereocenters. The second-order valence-electron chi connectivity index (χ2n) is 16.2. The molecule has 8 nitrogen and oxygen atoms in total. The minimum absolute atomic E-state index is 0.0213. The summed E-state index contributed by atoms with van der Waals surface area (Å²) in [6.45, 7) is 18.6. The highest BCUT2D eigenvalue weighted by molar-refractivity contribution is 6.47. The lowest BCUT2D eigenvalue weighted by atomic mass is 9.43. The summed E-state index contributed by atoms with van der Waals surface area (Å²) in [5, 5.41) is 12.9. The van der Waals surface area contributed by atoms with Crippen molar-refractivity contribution in [3.8, 4) is 6.07 Å². The van der Waals surface area contributed by atoms with Crippen LogP contribution in [0.1, 0.15) is 85.3 Å². The van der Waals surface area contributed by atoms with Crippen LogP contribution < -0.4 is 5.32 Å². The van der Waals surface area contributed by atoms with E-state index in [1.54, 1.807) is 4.90 Å². The summed E-state index contributed by atoms with van der Waals surface area (Å²) in [4.78, 5) is 28.2. The average molecular weight is 606 g/mol. The maximum atomic E-state index is 13.2. The normalized spacial score (nSPS) is 30.9. The predicted molar refractivity (Wildman–Crippen MR) is 170 cm³/mol. The molecule has 0 radical (unpaired) electrons. The van der Waals surface area contributed by atoms with Crippen molar-refractivity contribution in [3.05, 3.63) is 35.4 Å². The van der Waals surface area contributed by atoms with E-state index in [0.29, 0.717) is 31.3 Å². The quantitative estimate of drug-likeness (QED) is 0.349. The predicted octanol–water partition coefficient (Wildman–Crippen LogP) is 5.96. The number of nitriles is 1. The molecule has 2 saturated heterocycles. The highest BCUT2D eigenvalue weighted by atomic mass is 16.7. The van der Waals surface area contributed by atoms with Crippen LogP contribution in [0.15, 0.2) is 24.3 Å². The number of carbonyl (C=O) groups is 2. The first-order chi connectivity index (χ1) is 20.6. The third-order valence-corrected chi connectivity index (χ3v) is 11.1. The highest BCUT2D eigenvalue weighted by Gasteiger charge is 2.68. The Kier molecular flexibility index (Phi) is 9.19. The van der Waals surface area contributed by atoms with Gasteiger partial charge in [0.1, 0.15) is 5.92 Å². The zero-order valence-corrected chi connectivity index (χ0v) is 28.0. The van der Waals surface area contributed by atoms with Crippen molar-refractivity contribution in [3.63, 3.8) is 0 Å². The van der Waals surface area contributed by atoms with Gasteiger partial charge in [0.05, 0.1) is 30.3 Å². The largest absolute Gasteiger partial charge is 0.482 e. The third-order valence-electron chi connectivity index (χ3n) is 11.1. The molecule has 3 aliphatic carbocycles. The second kappa shape index (κ2) is 12.3. The summed E-state index contributed by atoms with van der Waals surface area (Å²) in [6.07, 6.45) is 3.77. The number of ether oxygens (including phenoxy) is 1. The van der Waals surface area contributed by atoms with Gasteiger partial charge in [-0.2, -0.15) is 5.26 Å². The molecule has 5 aliphatic rings. The Balaban J connectivity index is 1.18. The molecule has 8 atom stereocenters. The van der Waals surface area contributed by atoms with Crippen LogP contribution in [0.3, 0.4) is 0 Å². The van der Waals surface area contributed by atoms with Gasteiger partial charge in [0.2, 0.25) is 5.91 Å². The maximum absolute atomic E-state index is 13.2. The van der Waals surface area contributed by atoms with Crippen molar-refractivity contribution in [1.82, 2.24) is 10.2 Å². The van der Waals surface area contributed by atoms with Crippen LogP contribution in [0.4, 0.5) is 4.79 Å². The van der Waals surface area contributed by atoms with Gasteiger partial charge < -0.3 is 24.3 Å². The van der Waals surface area contributed by atoms with E-state index in [4.69, 9.17) is 14.0 Å². The molecule has 3 saturated carbocycles. The van der Waals surface area contributed by atoms with Crippen LogP contribution in [0, 0.1) is 58.7 Å². The smallest absolute Gasteiger partial charge is 0.449 e. The lowest BCUT2D eigenvalue weighted by Gasteiger charge is -2.64. The topological polar surface area (TPSA) is 101 Å². The molecule has 2 amide bonds. The van der Waals surface area contributed by atoms with E-state index in [9.17, 15) is 14.9 Å². The van der Waals surface area contributed by atoms with E-state index in [1.807, 2.05) is 6.92 Å². The van der Waals surface area contributed by atoms with Gasteiger partial charge in [0.25, 0.3) is 0 Å². The van der Waals surface area contributed by atoms with E-state index >= 15 is 0 Å². The molecule has 0 spiro atoms. The van der Waals surface area contributed by atoms with Crippen LogP contribution >= 0.6 is 0 Å². The fourth-order valence-corrected chi connectivity index (χ4v) is 8.53. The Labute approximate surface area is 264 Å². The second-order valence-corrected chi connectivity index (χ2v) is 16.2. The SMILES string of the molecule is Cc1ccc(C[C@H](NC(=O)OC[C@H]2CCN(C(=O)C(C#N)[C@@H](C)CC(C)(C)C)C2)B2O[C@@H]3C[C@@H]4C[C@@H](C4(C)C)[C@]3(C)O2)cc1. The molecule has 1 aromatic rings. The van der Waals surface area contributed by atoms with Gasteiger partial charge in [-0.15, -0.1) is 0 Å². The summed E-state index contributed by atoms with van der Waals surface area (Å²) >= 11 is 0. The number of nitrogens with one attached hydrogen (secondary N) is 1. The number of hydrogen-bond acceptors (Lipinski definition) is 6. The number of aryl methyl sites for hydroxylation is 1. The standard InChI is InChI=1S/C35H52BN3O5/c1-22-9-11-24(12-10-22)15-30(36-43-29-17-26-16-28(34(26,6)7)35(29,8)44-36)38-32(41)42-21-25-13-14-39(20-25)31(40)27(19-37)23(2)18-33(3,4)5/h9-12,23,25-30H,13-18,20-21H2,1-8H3,(H,38,41)/t23-,25-,26-,27?,28-,29+,30-,35-/m0/s1. The molecule has 1 aromatic carbocycles. The number of amides is 2. The minimum atomic E-state index is -0.659. The number of carbonyl (C=O) groups excluding carboxylic acids is 2. The van der Waals surface area contributed by atoms with Gasteiger partial charge in [-0.05, 0) is 80.1 Å². The molecule has 9 heteroatoms. The lowest BCUT2D eigenvalue weighted by molar-refractivity contribution is -0.199. The van der Waals surface area contributed by atoms with Crippen molar-refractivity contribution >= 4 is 19.1 Å². The van der Waals surface area contributed by atoms with Gasteiger partial charge in [-0.3, -0.25) is 4.79 Å². The molecule has 6 rings (SSSR count). The van der Waals surface area contributed by atoms with Crippen LogP contribution in [-0.4, -0.2) is 61.4 Å². The van der Waals surface area contributed by atoms with E-state index in [1.165, 1.54) is 12.0 Å². The van der Waals surface area contributed by atoms with Crippen molar-refractivity contribution in [1.29, 1.82) is 5.26 Å². The zero-order chi connectivity index (χ0) is 32.0. The minimum Gasteiger partial charge on any atom is -0.449 e. The van der Waals surface area contributed by atoms with Crippen molar-refractivity contribution in [2.75, 3.05) is 19.7 Å². The Bertz CT molecular complexity index is 1260. The average Bonchev–Trinajstić information content (AvgIpc) is 3.56. The summed E-state index contributed by atoms with van der Waals surface area (Å²) in [5.41, 5.74) is 2.18. The Hall–Kier alpha value is -2.57. The van der Waals surface area contributed by atoms with Gasteiger partial charge in [-0.25, -0.2) is 4.79 Å². The number of alkyl carbamates (subject to hydrolysis) is 1. The Morgan fingerprint density at radius 2 is 1.91 bits per heavy atom. The molecule has 2 heterocycles. The molecular formula is C35H52BN3O5. The fraction of sp³-hybridized carbons (Fsp3) is 0.743. The fourth-order valence-electron chi connectivity index (χ4n) is 8.53. The zero-order valence-electron chi connectivity index (χ0n) is 28.0. The summed E-state index contributed by atoms with van der Waals surface area (Å²) in [5.74, 6) is -0.0936. The third kappa shape index (κ3) is 6.67. The molecule has 1 N–H and O–H groups in total. The van der Waals surface area contributed by atoms with Gasteiger partial charge >= 0.3 is 13.2 Å². The summed E-state index contributed by atoms with van der Waals surface area (Å²) in [7, 11) is -0.563. The van der Waals surface area contributed by atoms with Crippen LogP contribution in [0.25, 0.3) is 0 Å². The first-order valence-corrected chi connectivity index (χ1v) is 16.6. The van der Waals surface area contributed by atoms with Crippen molar-refractivity contribution in [2.24, 2.45) is 40.4 Å². The Morgan fingerprint density at radius 3 is 2.55 bits per heavy atom. The van der Waals surface area contributed by atoms with E-state index in [-0.39, 0.29) is 46.9 Å². The molecule has 5 fully saturated rings. The van der Waals surface area contributed by atoms with Gasteiger partial charge in [0.15, 0.2) is 0 Å². The lowest BCUT2D eigenvalue weighted by Crippen LogP contribution is -2.65. The molecule has 240 valence electrons. The van der Waals surface area contributed by atoms with E-state index in [2.05, 4.69) is 84.1 Å². The molecule has 0 aromatic heterocycles. The maximum Gasteiger partial charge on any atom is 0.482 e. The van der Waals surface area contributed by atoms with Crippen LogP contribution in [0.2, 0.25) is 0 Å². The Morgan fingerprint density at radius 1 is 1.20 bits per heavy atom. The molecular weight excluding hydrogens is 553 g/mol. The van der Waals surface area contributed by atoms with E-state index in [0.717, 1.165) is 24.8 Å². The molecule has 2 aliphatic heterocycles. The number of rotatable bonds is 9. The first-order valence-electron chi connectivity index (χ1n) is 16.6. The summed E-state index contributed by atoms with van der Waals surface area (Å²) in [6, 6.07) is 10.6. The molecule has 44 heavy (non-hydrogen) atoms. The van der Waals surface area contributed by atoms with Gasteiger partial charge in [0, 0.05) is 19.0 Å². The van der Waals surface area contributed by atoms with Crippen LogP contribution in [-0.2, 0) is 25.3 Å². The van der Waals surface area contributed by atoms with E-state index < -0.39 is 25.1 Å². The first kappa shape index (κ1) is 32.8. The number of benzene rings is 1. The highest BCUT2D eigenvalue weighted by Crippen LogP contribution is 2.65. The van der Waals surface area contributed by atoms with Crippen LogP contribution in [0.5, 0.6) is 0 Å². The number of hydrogen-bond donors (Lipinski definition) is 1. The van der Waals surface area contributed by atoms with Crippen molar-refractivity contribution < 1.29 is 23.6 Å². The van der Waals surface area contributed by atoms with Gasteiger partial charge in [-0.1, -0.05) is 71.4 Å². The number of nitrogens with zero attached hydrogens (tertiary/aromatic N) is 2. The molecule has 2 bridgehead atoms. The monoisotopic (exact) mass is 605 g/mol. The van der Waals surface area contributed by atoms with Crippen molar-refractivity contribution in [2.45, 2.75) is 105 Å². The summed E-state index contributed by atoms with van der Waals surface area (Å²) < 4.78 is 19.0.